The van der Waals surface area contributed by atoms with Crippen molar-refractivity contribution in [3.05, 3.63) is 23.8 Å². The molecule has 3 unspecified atom stereocenters. The van der Waals surface area contributed by atoms with Crippen molar-refractivity contribution < 1.29 is 14.6 Å². The first-order valence-electron chi connectivity index (χ1n) is 8.01. The smallest absolute Gasteiger partial charge is 0.231 e. The summed E-state index contributed by atoms with van der Waals surface area (Å²) in [6, 6.07) is 7.15. The van der Waals surface area contributed by atoms with Gasteiger partial charge in [-0.05, 0) is 56.2 Å². The van der Waals surface area contributed by atoms with Gasteiger partial charge in [-0.1, -0.05) is 12.5 Å². The number of hydrogen-bond donors (Lipinski definition) is 2. The molecule has 1 fully saturated rings. The van der Waals surface area contributed by atoms with Gasteiger partial charge in [0.2, 0.25) is 6.79 Å². The normalized spacial score (nSPS) is 25.2. The van der Waals surface area contributed by atoms with Crippen molar-refractivity contribution in [2.24, 2.45) is 5.92 Å². The van der Waals surface area contributed by atoms with Crippen molar-refractivity contribution in [1.82, 2.24) is 5.32 Å². The molecule has 0 amide bonds. The predicted octanol–water partition coefficient (Wildman–Crippen LogP) is 2.49. The molecule has 4 nitrogen and oxygen atoms in total. The zero-order valence-corrected chi connectivity index (χ0v) is 12.7. The van der Waals surface area contributed by atoms with Crippen molar-refractivity contribution in [2.75, 3.05) is 13.4 Å². The van der Waals surface area contributed by atoms with Crippen LogP contribution in [0.15, 0.2) is 18.2 Å². The third-order valence-corrected chi connectivity index (χ3v) is 4.70. The summed E-state index contributed by atoms with van der Waals surface area (Å²) >= 11 is 0. The highest BCUT2D eigenvalue weighted by atomic mass is 16.7. The molecule has 3 atom stereocenters. The Labute approximate surface area is 126 Å². The van der Waals surface area contributed by atoms with Crippen LogP contribution in [0.2, 0.25) is 0 Å². The predicted molar refractivity (Wildman–Crippen MR) is 81.7 cm³/mol. The molecule has 0 saturated heterocycles. The lowest BCUT2D eigenvalue weighted by molar-refractivity contribution is 0.174. The molecule has 1 saturated carbocycles. The zero-order valence-electron chi connectivity index (χ0n) is 12.7. The molecule has 0 spiro atoms. The maximum Gasteiger partial charge on any atom is 0.231 e. The van der Waals surface area contributed by atoms with Crippen molar-refractivity contribution in [3.63, 3.8) is 0 Å². The Morgan fingerprint density at radius 2 is 2.14 bits per heavy atom. The standard InChI is InChI=1S/C17H25NO3/c1-12(18-15-4-2-3-14(15)10-19)5-6-13-7-8-16-17(9-13)21-11-20-16/h7-9,12,14-15,18-19H,2-6,10-11H2,1H3. The van der Waals surface area contributed by atoms with Gasteiger partial charge in [0.25, 0.3) is 0 Å². The van der Waals surface area contributed by atoms with Crippen LogP contribution < -0.4 is 14.8 Å². The maximum absolute atomic E-state index is 9.38. The van der Waals surface area contributed by atoms with Crippen LogP contribution in [-0.2, 0) is 6.42 Å². The molecule has 1 aliphatic heterocycles. The van der Waals surface area contributed by atoms with Crippen molar-refractivity contribution >= 4 is 0 Å². The maximum atomic E-state index is 9.38. The summed E-state index contributed by atoms with van der Waals surface area (Å²) in [4.78, 5) is 0. The van der Waals surface area contributed by atoms with Crippen molar-refractivity contribution in [2.45, 2.75) is 51.1 Å². The number of aryl methyl sites for hydroxylation is 1. The first kappa shape index (κ1) is 14.7. The Bertz CT molecular complexity index is 477. The molecular formula is C17H25NO3. The number of nitrogens with one attached hydrogen (secondary N) is 1. The number of rotatable bonds is 6. The highest BCUT2D eigenvalue weighted by Crippen LogP contribution is 2.33. The summed E-state index contributed by atoms with van der Waals surface area (Å²) in [6.07, 6.45) is 5.70. The van der Waals surface area contributed by atoms with Gasteiger partial charge in [0.05, 0.1) is 0 Å². The van der Waals surface area contributed by atoms with E-state index >= 15 is 0 Å². The minimum Gasteiger partial charge on any atom is -0.454 e. The highest BCUT2D eigenvalue weighted by molar-refractivity contribution is 5.44. The average molecular weight is 291 g/mol. The molecule has 2 aliphatic rings. The molecule has 2 N–H and O–H groups in total. The van der Waals surface area contributed by atoms with E-state index in [4.69, 9.17) is 9.47 Å². The summed E-state index contributed by atoms with van der Waals surface area (Å²) in [5.74, 6) is 2.16. The van der Waals surface area contributed by atoms with E-state index in [1.54, 1.807) is 0 Å². The van der Waals surface area contributed by atoms with E-state index in [0.29, 0.717) is 31.4 Å². The van der Waals surface area contributed by atoms with Crippen LogP contribution >= 0.6 is 0 Å². The van der Waals surface area contributed by atoms with Gasteiger partial charge in [0, 0.05) is 18.7 Å². The summed E-state index contributed by atoms with van der Waals surface area (Å²) < 4.78 is 10.8. The van der Waals surface area contributed by atoms with E-state index in [-0.39, 0.29) is 0 Å². The van der Waals surface area contributed by atoms with Crippen molar-refractivity contribution in [1.29, 1.82) is 0 Å². The van der Waals surface area contributed by atoms with Gasteiger partial charge in [0.1, 0.15) is 0 Å². The topological polar surface area (TPSA) is 50.7 Å². The van der Waals surface area contributed by atoms with Crippen LogP contribution in [0.5, 0.6) is 11.5 Å². The first-order valence-corrected chi connectivity index (χ1v) is 8.01. The Balaban J connectivity index is 1.48. The molecule has 0 radical (unpaired) electrons. The minimum atomic E-state index is 0.312. The van der Waals surface area contributed by atoms with Gasteiger partial charge < -0.3 is 19.9 Å². The molecule has 1 aromatic rings. The van der Waals surface area contributed by atoms with Crippen LogP contribution in [0.3, 0.4) is 0 Å². The average Bonchev–Trinajstić information content (AvgIpc) is 3.12. The van der Waals surface area contributed by atoms with E-state index in [2.05, 4.69) is 24.4 Å². The van der Waals surface area contributed by atoms with Gasteiger partial charge in [0.15, 0.2) is 11.5 Å². The highest BCUT2D eigenvalue weighted by Gasteiger charge is 2.27. The Morgan fingerprint density at radius 3 is 3.00 bits per heavy atom. The lowest BCUT2D eigenvalue weighted by Crippen LogP contribution is -2.40. The molecule has 1 aliphatic carbocycles. The third-order valence-electron chi connectivity index (χ3n) is 4.70. The van der Waals surface area contributed by atoms with Crippen LogP contribution in [0, 0.1) is 5.92 Å². The molecule has 4 heteroatoms. The molecule has 21 heavy (non-hydrogen) atoms. The summed E-state index contributed by atoms with van der Waals surface area (Å²) in [7, 11) is 0. The fraction of sp³-hybridized carbons (Fsp3) is 0.647. The quantitative estimate of drug-likeness (QED) is 0.845. The Hall–Kier alpha value is -1.26. The van der Waals surface area contributed by atoms with Gasteiger partial charge in [-0.3, -0.25) is 0 Å². The number of aliphatic hydroxyl groups excluding tert-OH is 1. The fourth-order valence-corrected chi connectivity index (χ4v) is 3.40. The van der Waals surface area contributed by atoms with E-state index in [1.165, 1.54) is 18.4 Å². The number of fused-ring (bicyclic) bond motifs is 1. The van der Waals surface area contributed by atoms with Crippen LogP contribution in [0.1, 0.15) is 38.2 Å². The fourth-order valence-electron chi connectivity index (χ4n) is 3.40. The molecular weight excluding hydrogens is 266 g/mol. The van der Waals surface area contributed by atoms with Crippen LogP contribution in [0.4, 0.5) is 0 Å². The largest absolute Gasteiger partial charge is 0.454 e. The number of hydrogen-bond acceptors (Lipinski definition) is 4. The van der Waals surface area contributed by atoms with Crippen molar-refractivity contribution in [3.8, 4) is 11.5 Å². The lowest BCUT2D eigenvalue weighted by atomic mass is 10.0. The van der Waals surface area contributed by atoms with Crippen LogP contribution in [0.25, 0.3) is 0 Å². The van der Waals surface area contributed by atoms with E-state index in [9.17, 15) is 5.11 Å². The third kappa shape index (κ3) is 3.50. The van der Waals surface area contributed by atoms with Gasteiger partial charge in [-0.15, -0.1) is 0 Å². The zero-order chi connectivity index (χ0) is 14.7. The number of aliphatic hydroxyl groups is 1. The summed E-state index contributed by atoms with van der Waals surface area (Å²) in [6.45, 7) is 2.88. The lowest BCUT2D eigenvalue weighted by Gasteiger charge is -2.24. The molecule has 116 valence electrons. The van der Waals surface area contributed by atoms with E-state index < -0.39 is 0 Å². The monoisotopic (exact) mass is 291 g/mol. The minimum absolute atomic E-state index is 0.312. The summed E-state index contributed by atoms with van der Waals surface area (Å²) in [5, 5.41) is 13.1. The van der Waals surface area contributed by atoms with Gasteiger partial charge >= 0.3 is 0 Å². The van der Waals surface area contributed by atoms with E-state index in [0.717, 1.165) is 30.8 Å². The van der Waals surface area contributed by atoms with Gasteiger partial charge in [-0.2, -0.15) is 0 Å². The molecule has 1 heterocycles. The first-order chi connectivity index (χ1) is 10.3. The molecule has 0 aromatic heterocycles. The van der Waals surface area contributed by atoms with Crippen LogP contribution in [-0.4, -0.2) is 30.6 Å². The number of ether oxygens (including phenoxy) is 2. The second-order valence-corrected chi connectivity index (χ2v) is 6.27. The second kappa shape index (κ2) is 6.67. The molecule has 0 bridgehead atoms. The Morgan fingerprint density at radius 1 is 1.29 bits per heavy atom. The molecule has 1 aromatic carbocycles. The Kier molecular flexibility index (Phi) is 4.66. The SMILES string of the molecule is CC(CCc1ccc2c(c1)OCO2)NC1CCCC1CO. The second-order valence-electron chi connectivity index (χ2n) is 6.27. The van der Waals surface area contributed by atoms with E-state index in [1.807, 2.05) is 6.07 Å². The molecule has 3 rings (SSSR count). The summed E-state index contributed by atoms with van der Waals surface area (Å²) in [5.41, 5.74) is 1.29. The van der Waals surface area contributed by atoms with Gasteiger partial charge in [-0.25, -0.2) is 0 Å². The number of benzene rings is 1.